The van der Waals surface area contributed by atoms with Crippen LogP contribution >= 0.6 is 0 Å². The highest BCUT2D eigenvalue weighted by Gasteiger charge is 2.12. The molecule has 0 aliphatic rings. The van der Waals surface area contributed by atoms with E-state index in [2.05, 4.69) is 5.32 Å². The SMILES string of the molecule is Cc1ccc2oc(C(=O)NCC(N)=O)cc2c1. The fourth-order valence-electron chi connectivity index (χ4n) is 1.53. The lowest BCUT2D eigenvalue weighted by atomic mass is 10.2. The van der Waals surface area contributed by atoms with Crippen molar-refractivity contribution in [3.05, 3.63) is 35.6 Å². The maximum atomic E-state index is 11.6. The topological polar surface area (TPSA) is 85.3 Å². The molecule has 17 heavy (non-hydrogen) atoms. The quantitative estimate of drug-likeness (QED) is 0.826. The first-order chi connectivity index (χ1) is 8.06. The molecule has 0 aliphatic heterocycles. The van der Waals surface area contributed by atoms with Crippen molar-refractivity contribution in [2.75, 3.05) is 6.54 Å². The second-order valence-corrected chi connectivity index (χ2v) is 3.80. The third kappa shape index (κ3) is 2.44. The number of rotatable bonds is 3. The molecule has 1 heterocycles. The average Bonchev–Trinajstić information content (AvgIpc) is 2.68. The molecule has 2 rings (SSSR count). The molecule has 5 nitrogen and oxygen atoms in total. The summed E-state index contributed by atoms with van der Waals surface area (Å²) in [6.07, 6.45) is 0. The Kier molecular flexibility index (Phi) is 2.82. The molecule has 1 aromatic heterocycles. The number of hydrogen-bond donors (Lipinski definition) is 2. The molecule has 0 aliphatic carbocycles. The normalized spacial score (nSPS) is 10.4. The molecule has 88 valence electrons. The summed E-state index contributed by atoms with van der Waals surface area (Å²) < 4.78 is 5.35. The molecular formula is C12H12N2O3. The van der Waals surface area contributed by atoms with Gasteiger partial charge in [-0.2, -0.15) is 0 Å². The number of benzene rings is 1. The maximum absolute atomic E-state index is 11.6. The van der Waals surface area contributed by atoms with Crippen LogP contribution in [0.25, 0.3) is 11.0 Å². The number of amides is 2. The first kappa shape index (κ1) is 11.2. The van der Waals surface area contributed by atoms with Crippen molar-refractivity contribution in [3.8, 4) is 0 Å². The Hall–Kier alpha value is -2.30. The van der Waals surface area contributed by atoms with Gasteiger partial charge >= 0.3 is 0 Å². The third-order valence-corrected chi connectivity index (χ3v) is 2.32. The van der Waals surface area contributed by atoms with E-state index in [1.54, 1.807) is 12.1 Å². The number of fused-ring (bicyclic) bond motifs is 1. The van der Waals surface area contributed by atoms with E-state index in [1.807, 2.05) is 19.1 Å². The highest BCUT2D eigenvalue weighted by Crippen LogP contribution is 2.20. The van der Waals surface area contributed by atoms with E-state index in [0.29, 0.717) is 5.58 Å². The number of furan rings is 1. The fourth-order valence-corrected chi connectivity index (χ4v) is 1.53. The fraction of sp³-hybridized carbons (Fsp3) is 0.167. The summed E-state index contributed by atoms with van der Waals surface area (Å²) in [5, 5.41) is 3.22. The van der Waals surface area contributed by atoms with Crippen LogP contribution in [0.15, 0.2) is 28.7 Å². The van der Waals surface area contributed by atoms with Crippen LogP contribution in [-0.4, -0.2) is 18.4 Å². The van der Waals surface area contributed by atoms with Gasteiger partial charge in [0.1, 0.15) is 5.58 Å². The van der Waals surface area contributed by atoms with Gasteiger partial charge in [-0.1, -0.05) is 11.6 Å². The smallest absolute Gasteiger partial charge is 0.287 e. The van der Waals surface area contributed by atoms with Crippen LogP contribution in [0, 0.1) is 6.92 Å². The number of nitrogens with one attached hydrogen (secondary N) is 1. The van der Waals surface area contributed by atoms with E-state index in [0.717, 1.165) is 10.9 Å². The zero-order valence-electron chi connectivity index (χ0n) is 9.32. The molecule has 0 radical (unpaired) electrons. The monoisotopic (exact) mass is 232 g/mol. The van der Waals surface area contributed by atoms with Crippen molar-refractivity contribution < 1.29 is 14.0 Å². The van der Waals surface area contributed by atoms with Crippen LogP contribution in [0.1, 0.15) is 16.1 Å². The Balaban J connectivity index is 2.24. The Labute approximate surface area is 97.6 Å². The lowest BCUT2D eigenvalue weighted by Crippen LogP contribution is -2.33. The Bertz CT molecular complexity index is 586. The second-order valence-electron chi connectivity index (χ2n) is 3.80. The van der Waals surface area contributed by atoms with Crippen molar-refractivity contribution in [2.45, 2.75) is 6.92 Å². The van der Waals surface area contributed by atoms with E-state index < -0.39 is 11.8 Å². The minimum Gasteiger partial charge on any atom is -0.451 e. The number of nitrogens with two attached hydrogens (primary N) is 1. The average molecular weight is 232 g/mol. The summed E-state index contributed by atoms with van der Waals surface area (Å²) in [7, 11) is 0. The summed E-state index contributed by atoms with van der Waals surface area (Å²) in [5.74, 6) is -0.866. The number of carbonyl (C=O) groups excluding carboxylic acids is 2. The predicted molar refractivity (Wildman–Crippen MR) is 62.5 cm³/mol. The van der Waals surface area contributed by atoms with Crippen molar-refractivity contribution in [1.82, 2.24) is 5.32 Å². The Morgan fingerprint density at radius 1 is 1.35 bits per heavy atom. The van der Waals surface area contributed by atoms with Crippen LogP contribution in [0.4, 0.5) is 0 Å². The van der Waals surface area contributed by atoms with Gasteiger partial charge in [-0.3, -0.25) is 9.59 Å². The molecular weight excluding hydrogens is 220 g/mol. The van der Waals surface area contributed by atoms with E-state index in [-0.39, 0.29) is 12.3 Å². The van der Waals surface area contributed by atoms with Gasteiger partial charge in [0.15, 0.2) is 5.76 Å². The molecule has 0 spiro atoms. The Morgan fingerprint density at radius 3 is 2.82 bits per heavy atom. The van der Waals surface area contributed by atoms with Gasteiger partial charge in [0, 0.05) is 5.39 Å². The summed E-state index contributed by atoms with van der Waals surface area (Å²) in [6, 6.07) is 7.26. The largest absolute Gasteiger partial charge is 0.451 e. The van der Waals surface area contributed by atoms with Gasteiger partial charge in [0.05, 0.1) is 6.54 Å². The highest BCUT2D eigenvalue weighted by molar-refractivity contribution is 5.97. The minimum atomic E-state index is -0.592. The number of aryl methyl sites for hydroxylation is 1. The molecule has 3 N–H and O–H groups in total. The molecule has 0 saturated carbocycles. The second kappa shape index (κ2) is 4.29. The summed E-state index contributed by atoms with van der Waals surface area (Å²) >= 11 is 0. The van der Waals surface area contributed by atoms with Crippen LogP contribution in [0.5, 0.6) is 0 Å². The van der Waals surface area contributed by atoms with Gasteiger partial charge in [0.25, 0.3) is 5.91 Å². The van der Waals surface area contributed by atoms with Gasteiger partial charge < -0.3 is 15.5 Å². The van der Waals surface area contributed by atoms with Gasteiger partial charge in [-0.15, -0.1) is 0 Å². The lowest BCUT2D eigenvalue weighted by molar-refractivity contribution is -0.117. The molecule has 0 unspecified atom stereocenters. The standard InChI is InChI=1S/C12H12N2O3/c1-7-2-3-9-8(4-7)5-10(17-9)12(16)14-6-11(13)15/h2-5H,6H2,1H3,(H2,13,15)(H,14,16). The van der Waals surface area contributed by atoms with E-state index >= 15 is 0 Å². The van der Waals surface area contributed by atoms with Gasteiger partial charge in [-0.25, -0.2) is 0 Å². The molecule has 5 heteroatoms. The molecule has 1 aromatic carbocycles. The Morgan fingerprint density at radius 2 is 2.12 bits per heavy atom. The molecule has 0 saturated heterocycles. The summed E-state index contributed by atoms with van der Waals surface area (Å²) in [5.41, 5.74) is 6.65. The summed E-state index contributed by atoms with van der Waals surface area (Å²) in [6.45, 7) is 1.76. The van der Waals surface area contributed by atoms with Crippen molar-refractivity contribution >= 4 is 22.8 Å². The van der Waals surface area contributed by atoms with Crippen molar-refractivity contribution in [1.29, 1.82) is 0 Å². The van der Waals surface area contributed by atoms with Gasteiger partial charge in [0.2, 0.25) is 5.91 Å². The lowest BCUT2D eigenvalue weighted by Gasteiger charge is -1.97. The van der Waals surface area contributed by atoms with Crippen LogP contribution in [0.2, 0.25) is 0 Å². The number of carbonyl (C=O) groups is 2. The van der Waals surface area contributed by atoms with Crippen molar-refractivity contribution in [2.24, 2.45) is 5.73 Å². The molecule has 0 bridgehead atoms. The molecule has 0 atom stereocenters. The van der Waals surface area contributed by atoms with Crippen LogP contribution in [-0.2, 0) is 4.79 Å². The predicted octanol–water partition coefficient (Wildman–Crippen LogP) is 0.956. The number of primary amides is 1. The van der Waals surface area contributed by atoms with Crippen molar-refractivity contribution in [3.63, 3.8) is 0 Å². The molecule has 2 aromatic rings. The molecule has 0 fully saturated rings. The zero-order chi connectivity index (χ0) is 12.4. The summed E-state index contributed by atoms with van der Waals surface area (Å²) in [4.78, 5) is 22.1. The van der Waals surface area contributed by atoms with E-state index in [4.69, 9.17) is 10.2 Å². The van der Waals surface area contributed by atoms with Crippen LogP contribution < -0.4 is 11.1 Å². The maximum Gasteiger partial charge on any atom is 0.287 e. The minimum absolute atomic E-state index is 0.173. The number of hydrogen-bond acceptors (Lipinski definition) is 3. The molecule has 2 amide bonds. The highest BCUT2D eigenvalue weighted by atomic mass is 16.3. The zero-order valence-corrected chi connectivity index (χ0v) is 9.32. The van der Waals surface area contributed by atoms with E-state index in [1.165, 1.54) is 0 Å². The first-order valence-corrected chi connectivity index (χ1v) is 5.13. The van der Waals surface area contributed by atoms with E-state index in [9.17, 15) is 9.59 Å². The third-order valence-electron chi connectivity index (χ3n) is 2.32. The first-order valence-electron chi connectivity index (χ1n) is 5.13. The van der Waals surface area contributed by atoms with Crippen LogP contribution in [0.3, 0.4) is 0 Å². The van der Waals surface area contributed by atoms with Gasteiger partial charge in [-0.05, 0) is 25.1 Å².